The largest absolute Gasteiger partial charge is 0.351 e. The maximum atomic E-state index is 12.7. The minimum Gasteiger partial charge on any atom is -0.351 e. The van der Waals surface area contributed by atoms with Gasteiger partial charge in [-0.05, 0) is 55.0 Å². The van der Waals surface area contributed by atoms with Crippen LogP contribution >= 0.6 is 23.7 Å². The highest BCUT2D eigenvalue weighted by atomic mass is 35.5. The number of rotatable bonds is 4. The molecule has 0 radical (unpaired) electrons. The van der Waals surface area contributed by atoms with E-state index in [9.17, 15) is 4.79 Å². The third-order valence-electron chi connectivity index (χ3n) is 5.17. The van der Waals surface area contributed by atoms with Gasteiger partial charge in [0.25, 0.3) is 0 Å². The van der Waals surface area contributed by atoms with Crippen LogP contribution in [0.1, 0.15) is 61.3 Å². The fourth-order valence-electron chi connectivity index (χ4n) is 3.95. The summed E-state index contributed by atoms with van der Waals surface area (Å²) in [6.45, 7) is 0.569. The van der Waals surface area contributed by atoms with Gasteiger partial charge in [0.05, 0.1) is 5.92 Å². The number of carbonyl (C=O) groups is 1. The summed E-state index contributed by atoms with van der Waals surface area (Å²) < 4.78 is 0. The number of carbonyl (C=O) groups excluding carboxylic acids is 1. The predicted molar refractivity (Wildman–Crippen MR) is 94.8 cm³/mol. The molecule has 1 aromatic rings. The van der Waals surface area contributed by atoms with Gasteiger partial charge in [-0.25, -0.2) is 0 Å². The van der Waals surface area contributed by atoms with E-state index in [1.807, 2.05) is 0 Å². The van der Waals surface area contributed by atoms with Gasteiger partial charge in [-0.15, -0.1) is 23.7 Å². The molecule has 0 spiro atoms. The highest BCUT2D eigenvalue weighted by Crippen LogP contribution is 2.35. The Labute approximate surface area is 143 Å². The molecule has 5 heteroatoms. The normalized spacial score (nSPS) is 23.2. The van der Waals surface area contributed by atoms with Crippen LogP contribution in [0.3, 0.4) is 0 Å². The van der Waals surface area contributed by atoms with Crippen molar-refractivity contribution in [2.45, 2.75) is 63.3 Å². The Balaban J connectivity index is 0.00000176. The van der Waals surface area contributed by atoms with Gasteiger partial charge in [0.1, 0.15) is 0 Å². The van der Waals surface area contributed by atoms with Crippen molar-refractivity contribution in [3.8, 4) is 0 Å². The fourth-order valence-corrected chi connectivity index (χ4v) is 4.94. The first-order valence-electron chi connectivity index (χ1n) is 8.36. The first-order valence-corrected chi connectivity index (χ1v) is 9.24. The van der Waals surface area contributed by atoms with Crippen LogP contribution in [0.2, 0.25) is 0 Å². The zero-order valence-electron chi connectivity index (χ0n) is 13.1. The average Bonchev–Trinajstić information content (AvgIpc) is 3.01. The maximum absolute atomic E-state index is 12.7. The van der Waals surface area contributed by atoms with Gasteiger partial charge >= 0.3 is 0 Å². The van der Waals surface area contributed by atoms with Gasteiger partial charge in [-0.3, -0.25) is 4.79 Å². The first-order chi connectivity index (χ1) is 10.3. The molecule has 1 aromatic heterocycles. The van der Waals surface area contributed by atoms with Crippen LogP contribution in [-0.2, 0) is 11.2 Å². The van der Waals surface area contributed by atoms with Crippen molar-refractivity contribution in [3.63, 3.8) is 0 Å². The standard InChI is InChI=1S/C17H26N2OS.ClH/c18-11-15(12-5-2-1-3-6-12)19-17(20)14-7-4-8-16-13(14)9-10-21-16;/h9-10,12,14-15H,1-8,11,18H2,(H,19,20);1H. The minimum absolute atomic E-state index is 0. The van der Waals surface area contributed by atoms with Crippen LogP contribution in [0.25, 0.3) is 0 Å². The van der Waals surface area contributed by atoms with Crippen molar-refractivity contribution in [1.82, 2.24) is 5.32 Å². The Kier molecular flexibility index (Phi) is 6.72. The van der Waals surface area contributed by atoms with E-state index in [2.05, 4.69) is 16.8 Å². The van der Waals surface area contributed by atoms with Crippen molar-refractivity contribution in [2.75, 3.05) is 6.54 Å². The van der Waals surface area contributed by atoms with Gasteiger partial charge in [-0.1, -0.05) is 19.3 Å². The summed E-state index contributed by atoms with van der Waals surface area (Å²) >= 11 is 1.79. The first kappa shape index (κ1) is 17.8. The smallest absolute Gasteiger partial charge is 0.227 e. The summed E-state index contributed by atoms with van der Waals surface area (Å²) in [5, 5.41) is 5.40. The molecular weight excluding hydrogens is 316 g/mol. The molecule has 1 saturated carbocycles. The third kappa shape index (κ3) is 3.84. The second-order valence-corrected chi connectivity index (χ2v) is 7.49. The molecule has 0 aromatic carbocycles. The Morgan fingerprint density at radius 2 is 2.05 bits per heavy atom. The summed E-state index contributed by atoms with van der Waals surface area (Å²) in [5.74, 6) is 0.839. The Morgan fingerprint density at radius 3 is 2.77 bits per heavy atom. The molecule has 124 valence electrons. The monoisotopic (exact) mass is 342 g/mol. The molecule has 22 heavy (non-hydrogen) atoms. The van der Waals surface area contributed by atoms with Gasteiger partial charge in [-0.2, -0.15) is 0 Å². The molecule has 3 N–H and O–H groups in total. The molecule has 1 fully saturated rings. The molecule has 2 aliphatic carbocycles. The van der Waals surface area contributed by atoms with Crippen LogP contribution < -0.4 is 11.1 Å². The molecule has 3 nitrogen and oxygen atoms in total. The Morgan fingerprint density at radius 1 is 1.27 bits per heavy atom. The summed E-state index contributed by atoms with van der Waals surface area (Å²) in [6.07, 6.45) is 9.60. The second kappa shape index (κ2) is 8.32. The Hall–Kier alpha value is -0.580. The number of halogens is 1. The van der Waals surface area contributed by atoms with Crippen LogP contribution in [0.4, 0.5) is 0 Å². The molecule has 0 aliphatic heterocycles. The van der Waals surface area contributed by atoms with E-state index in [4.69, 9.17) is 5.73 Å². The number of fused-ring (bicyclic) bond motifs is 1. The topological polar surface area (TPSA) is 55.1 Å². The van der Waals surface area contributed by atoms with E-state index in [1.54, 1.807) is 11.3 Å². The number of nitrogens with two attached hydrogens (primary N) is 1. The van der Waals surface area contributed by atoms with E-state index < -0.39 is 0 Å². The predicted octanol–water partition coefficient (Wildman–Crippen LogP) is 3.61. The van der Waals surface area contributed by atoms with Gasteiger partial charge in [0.2, 0.25) is 5.91 Å². The van der Waals surface area contributed by atoms with Crippen LogP contribution in [0.5, 0.6) is 0 Å². The lowest BCUT2D eigenvalue weighted by molar-refractivity contribution is -0.124. The quantitative estimate of drug-likeness (QED) is 0.878. The number of aryl methyl sites for hydroxylation is 1. The zero-order valence-corrected chi connectivity index (χ0v) is 14.7. The molecule has 2 atom stereocenters. The van der Waals surface area contributed by atoms with Crippen molar-refractivity contribution in [2.24, 2.45) is 11.7 Å². The van der Waals surface area contributed by atoms with Crippen molar-refractivity contribution < 1.29 is 4.79 Å². The molecule has 0 saturated heterocycles. The zero-order chi connectivity index (χ0) is 14.7. The number of nitrogens with one attached hydrogen (secondary N) is 1. The number of hydrogen-bond acceptors (Lipinski definition) is 3. The van der Waals surface area contributed by atoms with E-state index in [1.165, 1.54) is 42.5 Å². The molecule has 0 bridgehead atoms. The van der Waals surface area contributed by atoms with Gasteiger partial charge < -0.3 is 11.1 Å². The number of amides is 1. The van der Waals surface area contributed by atoms with E-state index >= 15 is 0 Å². The van der Waals surface area contributed by atoms with Gasteiger partial charge in [0.15, 0.2) is 0 Å². The lowest BCUT2D eigenvalue weighted by Crippen LogP contribution is -2.47. The van der Waals surface area contributed by atoms with Crippen LogP contribution in [0, 0.1) is 5.92 Å². The lowest BCUT2D eigenvalue weighted by atomic mass is 9.82. The van der Waals surface area contributed by atoms with Crippen molar-refractivity contribution >= 4 is 29.7 Å². The molecule has 3 rings (SSSR count). The molecule has 2 aliphatic rings. The molecular formula is C17H27ClN2OS. The SMILES string of the molecule is Cl.NCC(NC(=O)C1CCCc2sccc21)C1CCCCC1. The molecule has 2 unspecified atom stereocenters. The Bertz CT molecular complexity index is 485. The lowest BCUT2D eigenvalue weighted by Gasteiger charge is -2.32. The third-order valence-corrected chi connectivity index (χ3v) is 6.17. The van der Waals surface area contributed by atoms with E-state index in [0.29, 0.717) is 12.5 Å². The summed E-state index contributed by atoms with van der Waals surface area (Å²) in [5.41, 5.74) is 7.21. The fraction of sp³-hybridized carbons (Fsp3) is 0.706. The van der Waals surface area contributed by atoms with Crippen LogP contribution in [-0.4, -0.2) is 18.5 Å². The summed E-state index contributed by atoms with van der Waals surface area (Å²) in [4.78, 5) is 14.1. The van der Waals surface area contributed by atoms with Crippen LogP contribution in [0.15, 0.2) is 11.4 Å². The molecule has 1 heterocycles. The van der Waals surface area contributed by atoms with E-state index in [-0.39, 0.29) is 30.3 Å². The van der Waals surface area contributed by atoms with Crippen molar-refractivity contribution in [1.29, 1.82) is 0 Å². The maximum Gasteiger partial charge on any atom is 0.227 e. The minimum atomic E-state index is 0. The molecule has 1 amide bonds. The van der Waals surface area contributed by atoms with Crippen molar-refractivity contribution in [3.05, 3.63) is 21.9 Å². The average molecular weight is 343 g/mol. The summed E-state index contributed by atoms with van der Waals surface area (Å²) in [7, 11) is 0. The number of hydrogen-bond donors (Lipinski definition) is 2. The highest BCUT2D eigenvalue weighted by molar-refractivity contribution is 7.10. The second-order valence-electron chi connectivity index (χ2n) is 6.49. The highest BCUT2D eigenvalue weighted by Gasteiger charge is 2.30. The number of thiophene rings is 1. The van der Waals surface area contributed by atoms with E-state index in [0.717, 1.165) is 19.3 Å². The summed E-state index contributed by atoms with van der Waals surface area (Å²) in [6, 6.07) is 2.31. The van der Waals surface area contributed by atoms with Gasteiger partial charge in [0, 0.05) is 17.5 Å².